The van der Waals surface area contributed by atoms with Crippen LogP contribution in [0.1, 0.15) is 56.2 Å². The maximum absolute atomic E-state index is 12.5. The summed E-state index contributed by atoms with van der Waals surface area (Å²) in [6.07, 6.45) is 1.57. The minimum Gasteiger partial charge on any atom is -0.453 e. The second kappa shape index (κ2) is 9.02. The number of carbonyl (C=O) groups excluding carboxylic acids is 2. The third-order valence-corrected chi connectivity index (χ3v) is 6.09. The molecule has 0 aliphatic rings. The average Bonchev–Trinajstić information content (AvgIpc) is 3.15. The van der Waals surface area contributed by atoms with E-state index in [2.05, 4.69) is 9.29 Å². The van der Waals surface area contributed by atoms with Crippen LogP contribution >= 0.6 is 11.3 Å². The Morgan fingerprint density at radius 3 is 2.50 bits per heavy atom. The van der Waals surface area contributed by atoms with Crippen LogP contribution in [0, 0.1) is 13.8 Å². The Labute approximate surface area is 169 Å². The molecule has 0 spiro atoms. The second-order valence-corrected chi connectivity index (χ2v) is 9.93. The molecule has 0 saturated heterocycles. The number of thiophene rings is 1. The van der Waals surface area contributed by atoms with Gasteiger partial charge >= 0.3 is 5.97 Å². The number of sulfonamides is 1. The van der Waals surface area contributed by atoms with Gasteiger partial charge in [-0.25, -0.2) is 17.9 Å². The van der Waals surface area contributed by atoms with Gasteiger partial charge in [0.05, 0.1) is 6.26 Å². The van der Waals surface area contributed by atoms with Gasteiger partial charge in [-0.3, -0.25) is 4.79 Å². The van der Waals surface area contributed by atoms with Crippen molar-refractivity contribution < 1.29 is 22.7 Å². The molecule has 28 heavy (non-hydrogen) atoms. The number of ketones is 1. The van der Waals surface area contributed by atoms with Crippen molar-refractivity contribution in [3.05, 3.63) is 44.9 Å². The third kappa shape index (κ3) is 5.76. The molecule has 2 heterocycles. The van der Waals surface area contributed by atoms with E-state index in [1.807, 2.05) is 33.8 Å². The van der Waals surface area contributed by atoms with E-state index in [-0.39, 0.29) is 25.0 Å². The summed E-state index contributed by atoms with van der Waals surface area (Å²) < 4.78 is 31.8. The summed E-state index contributed by atoms with van der Waals surface area (Å²) in [6, 6.07) is 5.44. The normalized spacial score (nSPS) is 11.8. The highest BCUT2D eigenvalue weighted by atomic mass is 32.2. The third-order valence-electron chi connectivity index (χ3n) is 4.23. The van der Waals surface area contributed by atoms with E-state index < -0.39 is 16.0 Å². The molecule has 2 aromatic rings. The highest BCUT2D eigenvalue weighted by Crippen LogP contribution is 2.21. The summed E-state index contributed by atoms with van der Waals surface area (Å²) in [5.74, 6) is -0.791. The summed E-state index contributed by atoms with van der Waals surface area (Å²) in [7, 11) is -3.23. The number of aryl methyl sites for hydroxylation is 1. The molecule has 0 radical (unpaired) electrons. The fourth-order valence-electron chi connectivity index (χ4n) is 3.12. The fourth-order valence-corrected chi connectivity index (χ4v) is 4.49. The van der Waals surface area contributed by atoms with Crippen molar-refractivity contribution in [2.24, 2.45) is 0 Å². The zero-order valence-corrected chi connectivity index (χ0v) is 18.4. The van der Waals surface area contributed by atoms with E-state index in [1.54, 1.807) is 12.1 Å². The minimum atomic E-state index is -3.23. The van der Waals surface area contributed by atoms with Gasteiger partial charge in [0.15, 0.2) is 6.61 Å². The van der Waals surface area contributed by atoms with Crippen LogP contribution in [-0.4, -0.2) is 44.1 Å². The first kappa shape index (κ1) is 22.3. The summed E-state index contributed by atoms with van der Waals surface area (Å²) >= 11 is 1.23. The van der Waals surface area contributed by atoms with Crippen molar-refractivity contribution in [3.63, 3.8) is 0 Å². The molecule has 0 bridgehead atoms. The van der Waals surface area contributed by atoms with Gasteiger partial charge in [0.25, 0.3) is 0 Å². The van der Waals surface area contributed by atoms with Crippen molar-refractivity contribution in [2.75, 3.05) is 19.4 Å². The zero-order chi connectivity index (χ0) is 21.1. The van der Waals surface area contributed by atoms with Gasteiger partial charge in [-0.2, -0.15) is 0 Å². The van der Waals surface area contributed by atoms with Crippen LogP contribution in [0.15, 0.2) is 18.2 Å². The second-order valence-electron chi connectivity index (χ2n) is 6.93. The van der Waals surface area contributed by atoms with Crippen LogP contribution in [-0.2, 0) is 21.2 Å². The Bertz CT molecular complexity index is 971. The SMILES string of the molecule is Cc1cc(C(=O)COC(=O)c2ccc(CCNS(C)(=O)=O)s2)c(C)n1C(C)C. The van der Waals surface area contributed by atoms with Gasteiger partial charge in [0.2, 0.25) is 15.8 Å². The molecular weight excluding hydrogens is 400 g/mol. The molecule has 0 unspecified atom stereocenters. The van der Waals surface area contributed by atoms with Crippen molar-refractivity contribution in [3.8, 4) is 0 Å². The first-order chi connectivity index (χ1) is 13.0. The Hall–Kier alpha value is -1.97. The molecule has 0 aliphatic heterocycles. The lowest BCUT2D eigenvalue weighted by Gasteiger charge is -2.13. The predicted octanol–water partition coefficient (Wildman–Crippen LogP) is 2.88. The van der Waals surface area contributed by atoms with Crippen molar-refractivity contribution in [1.82, 2.24) is 9.29 Å². The molecule has 0 fully saturated rings. The standard InChI is InChI=1S/C19H26N2O5S2/c1-12(2)21-13(3)10-16(14(21)4)17(22)11-26-19(23)18-7-6-15(27-18)8-9-20-28(5,24)25/h6-7,10,12,20H,8-9,11H2,1-5H3. The zero-order valence-electron chi connectivity index (χ0n) is 16.7. The number of esters is 1. The monoisotopic (exact) mass is 426 g/mol. The molecule has 2 rings (SSSR count). The van der Waals surface area contributed by atoms with Gasteiger partial charge in [-0.05, 0) is 52.3 Å². The van der Waals surface area contributed by atoms with Gasteiger partial charge in [-0.1, -0.05) is 0 Å². The largest absolute Gasteiger partial charge is 0.453 e. The number of aromatic nitrogens is 1. The molecule has 0 aliphatic carbocycles. The molecule has 0 amide bonds. The first-order valence-corrected chi connectivity index (χ1v) is 11.6. The van der Waals surface area contributed by atoms with E-state index >= 15 is 0 Å². The van der Waals surface area contributed by atoms with E-state index in [4.69, 9.17) is 4.74 Å². The lowest BCUT2D eigenvalue weighted by atomic mass is 10.1. The first-order valence-electron chi connectivity index (χ1n) is 8.91. The summed E-state index contributed by atoms with van der Waals surface area (Å²) in [5.41, 5.74) is 2.43. The lowest BCUT2D eigenvalue weighted by molar-refractivity contribution is 0.0479. The van der Waals surface area contributed by atoms with Crippen LogP contribution in [0.5, 0.6) is 0 Å². The van der Waals surface area contributed by atoms with Crippen LogP contribution in [0.25, 0.3) is 0 Å². The maximum atomic E-state index is 12.5. The van der Waals surface area contributed by atoms with Crippen LogP contribution in [0.3, 0.4) is 0 Å². The highest BCUT2D eigenvalue weighted by molar-refractivity contribution is 7.88. The number of hydrogen-bond acceptors (Lipinski definition) is 6. The lowest BCUT2D eigenvalue weighted by Crippen LogP contribution is -2.24. The molecule has 0 aromatic carbocycles. The molecule has 0 saturated carbocycles. The molecular formula is C19H26N2O5S2. The maximum Gasteiger partial charge on any atom is 0.348 e. The summed E-state index contributed by atoms with van der Waals surface area (Å²) in [6.45, 7) is 7.88. The summed E-state index contributed by atoms with van der Waals surface area (Å²) in [4.78, 5) is 25.9. The van der Waals surface area contributed by atoms with Crippen LogP contribution in [0.4, 0.5) is 0 Å². The number of Topliss-reactive ketones (excluding diaryl/α,β-unsaturated/α-hetero) is 1. The smallest absolute Gasteiger partial charge is 0.348 e. The van der Waals surface area contributed by atoms with Crippen LogP contribution in [0.2, 0.25) is 0 Å². The quantitative estimate of drug-likeness (QED) is 0.491. The average molecular weight is 427 g/mol. The van der Waals surface area contributed by atoms with Gasteiger partial charge in [-0.15, -0.1) is 11.3 Å². The number of hydrogen-bond donors (Lipinski definition) is 1. The topological polar surface area (TPSA) is 94.5 Å². The van der Waals surface area contributed by atoms with Gasteiger partial charge < -0.3 is 9.30 Å². The van der Waals surface area contributed by atoms with Gasteiger partial charge in [0.1, 0.15) is 4.88 Å². The number of nitrogens with one attached hydrogen (secondary N) is 1. The van der Waals surface area contributed by atoms with Crippen molar-refractivity contribution >= 4 is 33.1 Å². The van der Waals surface area contributed by atoms with Crippen molar-refractivity contribution in [1.29, 1.82) is 0 Å². The number of carbonyl (C=O) groups is 2. The Morgan fingerprint density at radius 2 is 1.93 bits per heavy atom. The van der Waals surface area contributed by atoms with E-state index in [9.17, 15) is 18.0 Å². The number of nitrogens with zero attached hydrogens (tertiary/aromatic N) is 1. The molecule has 1 N–H and O–H groups in total. The predicted molar refractivity (Wildman–Crippen MR) is 110 cm³/mol. The highest BCUT2D eigenvalue weighted by Gasteiger charge is 2.19. The minimum absolute atomic E-state index is 0.234. The Kier molecular flexibility index (Phi) is 7.19. The fraction of sp³-hybridized carbons (Fsp3) is 0.474. The molecule has 2 aromatic heterocycles. The van der Waals surface area contributed by atoms with E-state index in [0.29, 0.717) is 16.9 Å². The van der Waals surface area contributed by atoms with E-state index in [0.717, 1.165) is 22.5 Å². The molecule has 7 nitrogen and oxygen atoms in total. The number of rotatable bonds is 9. The Balaban J connectivity index is 1.94. The molecule has 0 atom stereocenters. The molecule has 9 heteroatoms. The van der Waals surface area contributed by atoms with Crippen LogP contribution < -0.4 is 4.72 Å². The van der Waals surface area contributed by atoms with Gasteiger partial charge in [0, 0.05) is 34.4 Å². The number of ether oxygens (including phenoxy) is 1. The summed E-state index contributed by atoms with van der Waals surface area (Å²) in [5, 5.41) is 0. The molecule has 154 valence electrons. The van der Waals surface area contributed by atoms with E-state index in [1.165, 1.54) is 11.3 Å². The Morgan fingerprint density at radius 1 is 1.25 bits per heavy atom. The van der Waals surface area contributed by atoms with Crippen molar-refractivity contribution in [2.45, 2.75) is 40.2 Å².